The zero-order chi connectivity index (χ0) is 14.9. The third-order valence-corrected chi connectivity index (χ3v) is 3.39. The third-order valence-electron chi connectivity index (χ3n) is 3.39. The second kappa shape index (κ2) is 4.83. The highest BCUT2D eigenvalue weighted by atomic mass is 16.6. The number of aliphatic imine (C=N–C) groups is 1. The monoisotopic (exact) mass is 280 g/mol. The van der Waals surface area contributed by atoms with Crippen molar-refractivity contribution in [3.63, 3.8) is 0 Å². The lowest BCUT2D eigenvalue weighted by Crippen LogP contribution is -2.56. The highest BCUT2D eigenvalue weighted by molar-refractivity contribution is 6.17. The zero-order valence-corrected chi connectivity index (χ0v) is 10.6. The number of carbonyl (C=O) groups is 3. The van der Waals surface area contributed by atoms with Crippen molar-refractivity contribution in [1.29, 1.82) is 0 Å². The Balaban J connectivity index is 2.23. The maximum absolute atomic E-state index is 11.6. The van der Waals surface area contributed by atoms with Crippen LogP contribution in [-0.4, -0.2) is 34.5 Å². The van der Waals surface area contributed by atoms with Gasteiger partial charge in [-0.1, -0.05) is 13.0 Å². The average molecular weight is 280 g/mol. The van der Waals surface area contributed by atoms with Crippen LogP contribution < -0.4 is 10.6 Å². The normalized spacial score (nSPS) is 26.9. The maximum Gasteiger partial charge on any atom is 0.328 e. The van der Waals surface area contributed by atoms with Crippen molar-refractivity contribution in [1.82, 2.24) is 10.6 Å². The van der Waals surface area contributed by atoms with E-state index in [4.69, 9.17) is 0 Å². The highest BCUT2D eigenvalue weighted by Gasteiger charge is 2.43. The Bertz CT molecular complexity index is 547. The zero-order valence-electron chi connectivity index (χ0n) is 10.6. The van der Waals surface area contributed by atoms with Gasteiger partial charge in [0.15, 0.2) is 5.92 Å². The van der Waals surface area contributed by atoms with Crippen molar-refractivity contribution >= 4 is 24.1 Å². The minimum Gasteiger partial charge on any atom is -0.277 e. The molecule has 4 amide bonds. The summed E-state index contributed by atoms with van der Waals surface area (Å²) < 4.78 is 0. The molecule has 0 bridgehead atoms. The van der Waals surface area contributed by atoms with Crippen LogP contribution in [0, 0.1) is 16.0 Å². The summed E-state index contributed by atoms with van der Waals surface area (Å²) in [5, 5.41) is 15.0. The van der Waals surface area contributed by atoms with Gasteiger partial charge in [-0.25, -0.2) is 4.79 Å². The molecule has 0 aliphatic carbocycles. The van der Waals surface area contributed by atoms with Gasteiger partial charge in [0.05, 0.1) is 11.9 Å². The number of urea groups is 1. The number of carbonyl (C=O) groups excluding carboxylic acids is 3. The van der Waals surface area contributed by atoms with Crippen LogP contribution in [0.25, 0.3) is 0 Å². The Hall–Kier alpha value is -2.58. The highest BCUT2D eigenvalue weighted by Crippen LogP contribution is 2.27. The van der Waals surface area contributed by atoms with Crippen LogP contribution in [0.5, 0.6) is 0 Å². The Kier molecular flexibility index (Phi) is 3.35. The molecular formula is C11H12N4O5. The van der Waals surface area contributed by atoms with E-state index >= 15 is 0 Å². The van der Waals surface area contributed by atoms with E-state index in [0.29, 0.717) is 0 Å². The van der Waals surface area contributed by atoms with Crippen molar-refractivity contribution in [2.24, 2.45) is 10.9 Å². The Morgan fingerprint density at radius 3 is 2.40 bits per heavy atom. The second-order valence-corrected chi connectivity index (χ2v) is 4.55. The first-order valence-corrected chi connectivity index (χ1v) is 5.95. The number of nitrogens with zero attached hydrogens (tertiary/aromatic N) is 2. The summed E-state index contributed by atoms with van der Waals surface area (Å²) in [4.78, 5) is 48.7. The molecule has 0 aromatic heterocycles. The van der Waals surface area contributed by atoms with Gasteiger partial charge >= 0.3 is 6.03 Å². The predicted octanol–water partition coefficient (Wildman–Crippen LogP) is -0.248. The fourth-order valence-corrected chi connectivity index (χ4v) is 2.05. The molecule has 2 aliphatic heterocycles. The summed E-state index contributed by atoms with van der Waals surface area (Å²) in [5.74, 6) is -2.83. The Morgan fingerprint density at radius 1 is 1.40 bits per heavy atom. The smallest absolute Gasteiger partial charge is 0.277 e. The van der Waals surface area contributed by atoms with Crippen LogP contribution in [0.15, 0.2) is 16.8 Å². The summed E-state index contributed by atoms with van der Waals surface area (Å²) in [7, 11) is 0. The first kappa shape index (κ1) is 13.8. The van der Waals surface area contributed by atoms with Crippen LogP contribution in [0.2, 0.25) is 0 Å². The molecule has 0 aromatic carbocycles. The summed E-state index contributed by atoms with van der Waals surface area (Å²) in [6.45, 7) is 1.66. The van der Waals surface area contributed by atoms with Crippen molar-refractivity contribution in [3.05, 3.63) is 21.9 Å². The molecule has 0 saturated carbocycles. The van der Waals surface area contributed by atoms with Gasteiger partial charge in [-0.15, -0.1) is 0 Å². The molecule has 1 saturated heterocycles. The molecule has 1 unspecified atom stereocenters. The van der Waals surface area contributed by atoms with Gasteiger partial charge in [0.25, 0.3) is 5.54 Å². The van der Waals surface area contributed by atoms with Gasteiger partial charge in [-0.3, -0.25) is 35.3 Å². The number of nitro groups is 1. The molecule has 0 aromatic rings. The number of amides is 4. The summed E-state index contributed by atoms with van der Waals surface area (Å²) in [5.41, 5.74) is -1.19. The molecule has 2 rings (SSSR count). The molecule has 2 heterocycles. The van der Waals surface area contributed by atoms with Crippen LogP contribution in [0.4, 0.5) is 4.79 Å². The van der Waals surface area contributed by atoms with E-state index in [9.17, 15) is 24.5 Å². The Labute approximate surface area is 113 Å². The quantitative estimate of drug-likeness (QED) is 0.418. The number of barbiturate groups is 1. The molecule has 106 valence electrons. The van der Waals surface area contributed by atoms with Gasteiger partial charge in [-0.2, -0.15) is 0 Å². The first-order chi connectivity index (χ1) is 9.39. The fraction of sp³-hybridized carbons (Fsp3) is 0.455. The molecule has 1 fully saturated rings. The van der Waals surface area contributed by atoms with Gasteiger partial charge in [-0.05, 0) is 0 Å². The molecular weight excluding hydrogens is 268 g/mol. The lowest BCUT2D eigenvalue weighted by Gasteiger charge is -2.25. The lowest BCUT2D eigenvalue weighted by molar-refractivity contribution is -0.545. The van der Waals surface area contributed by atoms with Crippen LogP contribution >= 0.6 is 0 Å². The van der Waals surface area contributed by atoms with E-state index in [-0.39, 0.29) is 18.5 Å². The SMILES string of the molecule is CCC1([N+](=O)[O-])C=NC(C2C(=O)NC(=O)NC2=O)=CC1. The van der Waals surface area contributed by atoms with Gasteiger partial charge < -0.3 is 0 Å². The van der Waals surface area contributed by atoms with Gasteiger partial charge in [0.2, 0.25) is 11.8 Å². The average Bonchev–Trinajstić information content (AvgIpc) is 2.38. The third kappa shape index (κ3) is 2.17. The molecule has 9 heteroatoms. The van der Waals surface area contributed by atoms with E-state index in [1.54, 1.807) is 6.92 Å². The van der Waals surface area contributed by atoms with E-state index in [0.717, 1.165) is 6.21 Å². The molecule has 2 N–H and O–H groups in total. The molecule has 0 radical (unpaired) electrons. The predicted molar refractivity (Wildman–Crippen MR) is 66.4 cm³/mol. The van der Waals surface area contributed by atoms with E-state index in [1.165, 1.54) is 6.08 Å². The number of hydrogen-bond acceptors (Lipinski definition) is 6. The van der Waals surface area contributed by atoms with Gasteiger partial charge in [0.1, 0.15) is 0 Å². The van der Waals surface area contributed by atoms with E-state index in [2.05, 4.69) is 4.99 Å². The van der Waals surface area contributed by atoms with Crippen molar-refractivity contribution in [3.8, 4) is 0 Å². The molecule has 2 aliphatic rings. The minimum atomic E-state index is -1.30. The largest absolute Gasteiger partial charge is 0.328 e. The molecule has 0 spiro atoms. The molecule has 20 heavy (non-hydrogen) atoms. The molecule has 9 nitrogen and oxygen atoms in total. The van der Waals surface area contributed by atoms with Crippen molar-refractivity contribution in [2.75, 3.05) is 0 Å². The van der Waals surface area contributed by atoms with E-state index in [1.807, 2.05) is 10.6 Å². The number of imide groups is 2. The van der Waals surface area contributed by atoms with Crippen LogP contribution in [-0.2, 0) is 9.59 Å². The number of nitrogens with one attached hydrogen (secondary N) is 2. The number of rotatable bonds is 3. The maximum atomic E-state index is 11.6. The molecule has 1 atom stereocenters. The second-order valence-electron chi connectivity index (χ2n) is 4.55. The fourth-order valence-electron chi connectivity index (χ4n) is 2.05. The van der Waals surface area contributed by atoms with E-state index < -0.39 is 34.2 Å². The topological polar surface area (TPSA) is 131 Å². The van der Waals surface area contributed by atoms with Crippen LogP contribution in [0.1, 0.15) is 19.8 Å². The van der Waals surface area contributed by atoms with Crippen LogP contribution in [0.3, 0.4) is 0 Å². The minimum absolute atomic E-state index is 0.0420. The standard InChI is InChI=1S/C11H12N4O5/c1-2-11(15(19)20)4-3-6(12-5-11)7-8(16)13-10(18)14-9(7)17/h3,5,7H,2,4H2,1H3,(H2,13,14,16,17,18). The summed E-state index contributed by atoms with van der Waals surface area (Å²) >= 11 is 0. The van der Waals surface area contributed by atoms with Crippen molar-refractivity contribution < 1.29 is 19.3 Å². The lowest BCUT2D eigenvalue weighted by atomic mass is 9.89. The number of hydrogen-bond donors (Lipinski definition) is 2. The van der Waals surface area contributed by atoms with Crippen molar-refractivity contribution in [2.45, 2.75) is 25.3 Å². The first-order valence-electron chi connectivity index (χ1n) is 5.95. The van der Waals surface area contributed by atoms with Gasteiger partial charge in [0, 0.05) is 17.8 Å². The summed E-state index contributed by atoms with van der Waals surface area (Å²) in [6.07, 6.45) is 2.83. The summed E-state index contributed by atoms with van der Waals surface area (Å²) in [6, 6.07) is -0.884. The Morgan fingerprint density at radius 2 is 2.00 bits per heavy atom.